The number of carbonyl (C=O) groups is 2. The van der Waals surface area contributed by atoms with E-state index in [1.54, 1.807) is 20.8 Å². The van der Waals surface area contributed by atoms with E-state index in [1.165, 1.54) is 9.80 Å². The van der Waals surface area contributed by atoms with Crippen molar-refractivity contribution < 1.29 is 28.0 Å². The predicted molar refractivity (Wildman–Crippen MR) is 124 cm³/mol. The maximum Gasteiger partial charge on any atom is 0.494 e. The van der Waals surface area contributed by atoms with E-state index < -0.39 is 41.6 Å². The average molecular weight is 460 g/mol. The van der Waals surface area contributed by atoms with Crippen LogP contribution in [-0.2, 0) is 25.3 Å². The van der Waals surface area contributed by atoms with Crippen LogP contribution in [0.5, 0.6) is 0 Å². The van der Waals surface area contributed by atoms with Crippen LogP contribution in [0.15, 0.2) is 18.2 Å². The standard InChI is InChI=1S/C24H34BFN2O5/c1-21(2,3)31-20(30)27-13-11-24(26,15-27)19(29)28-12-10-16-14-17(8-9-18(16)28)25-32-22(4,5)23(6,7)33-25/h8-9,14H,10-13,15H2,1-7H3. The Morgan fingerprint density at radius 1 is 1.09 bits per heavy atom. The first-order valence-electron chi connectivity index (χ1n) is 11.6. The van der Waals surface area contributed by atoms with E-state index in [0.29, 0.717) is 18.7 Å². The lowest BCUT2D eigenvalue weighted by Crippen LogP contribution is -2.48. The minimum atomic E-state index is -2.12. The van der Waals surface area contributed by atoms with Crippen molar-refractivity contribution in [1.82, 2.24) is 4.90 Å². The third-order valence-electron chi connectivity index (χ3n) is 7.02. The Morgan fingerprint density at radius 3 is 2.33 bits per heavy atom. The topological polar surface area (TPSA) is 68.3 Å². The van der Waals surface area contributed by atoms with Gasteiger partial charge in [0.1, 0.15) is 5.60 Å². The summed E-state index contributed by atoms with van der Waals surface area (Å²) in [6.07, 6.45) is -0.00730. The molecule has 2 amide bonds. The zero-order chi connectivity index (χ0) is 24.4. The molecule has 0 aromatic heterocycles. The maximum atomic E-state index is 15.7. The van der Waals surface area contributed by atoms with Crippen LogP contribution < -0.4 is 10.4 Å². The summed E-state index contributed by atoms with van der Waals surface area (Å²) in [6, 6.07) is 5.70. The van der Waals surface area contributed by atoms with E-state index in [9.17, 15) is 9.59 Å². The summed E-state index contributed by atoms with van der Waals surface area (Å²) in [7, 11) is -0.491. The van der Waals surface area contributed by atoms with Crippen molar-refractivity contribution in [3.05, 3.63) is 23.8 Å². The number of rotatable bonds is 2. The molecule has 0 aliphatic carbocycles. The molecule has 7 nitrogen and oxygen atoms in total. The highest BCUT2D eigenvalue weighted by molar-refractivity contribution is 6.62. The van der Waals surface area contributed by atoms with Crippen LogP contribution in [0.25, 0.3) is 0 Å². The number of hydrogen-bond donors (Lipinski definition) is 0. The summed E-state index contributed by atoms with van der Waals surface area (Å²) in [5.41, 5.74) is -1.14. The summed E-state index contributed by atoms with van der Waals surface area (Å²) in [4.78, 5) is 28.3. The molecule has 3 aliphatic rings. The first-order chi connectivity index (χ1) is 15.1. The second-order valence-electron chi connectivity index (χ2n) is 11.3. The van der Waals surface area contributed by atoms with Crippen LogP contribution in [-0.4, -0.2) is 66.1 Å². The van der Waals surface area contributed by atoms with Gasteiger partial charge in [0.2, 0.25) is 5.67 Å². The van der Waals surface area contributed by atoms with Gasteiger partial charge in [0.05, 0.1) is 17.7 Å². The van der Waals surface area contributed by atoms with Crippen molar-refractivity contribution in [2.45, 2.75) is 83.8 Å². The Hall–Kier alpha value is -2.13. The molecular weight excluding hydrogens is 426 g/mol. The van der Waals surface area contributed by atoms with Gasteiger partial charge in [-0.1, -0.05) is 12.1 Å². The van der Waals surface area contributed by atoms with Crippen LogP contribution >= 0.6 is 0 Å². The smallest absolute Gasteiger partial charge is 0.444 e. The number of hydrogen-bond acceptors (Lipinski definition) is 5. The highest BCUT2D eigenvalue weighted by Gasteiger charge is 2.53. The molecule has 1 aromatic rings. The molecule has 33 heavy (non-hydrogen) atoms. The summed E-state index contributed by atoms with van der Waals surface area (Å²) in [6.45, 7) is 13.5. The van der Waals surface area contributed by atoms with Gasteiger partial charge >= 0.3 is 13.2 Å². The molecule has 180 valence electrons. The van der Waals surface area contributed by atoms with Gasteiger partial charge in [0.15, 0.2) is 0 Å². The summed E-state index contributed by atoms with van der Waals surface area (Å²) >= 11 is 0. The van der Waals surface area contributed by atoms with Gasteiger partial charge in [-0.05, 0) is 72.0 Å². The highest BCUT2D eigenvalue weighted by Crippen LogP contribution is 2.38. The van der Waals surface area contributed by atoms with Crippen LogP contribution in [0.4, 0.5) is 14.9 Å². The molecule has 0 spiro atoms. The lowest BCUT2D eigenvalue weighted by Gasteiger charge is -2.32. The monoisotopic (exact) mass is 460 g/mol. The lowest BCUT2D eigenvalue weighted by molar-refractivity contribution is -0.129. The first kappa shape index (κ1) is 24.0. The minimum Gasteiger partial charge on any atom is -0.444 e. The molecule has 1 aromatic carbocycles. The maximum absolute atomic E-state index is 15.7. The molecule has 3 heterocycles. The summed E-state index contributed by atoms with van der Waals surface area (Å²) < 4.78 is 33.3. The van der Waals surface area contributed by atoms with Crippen LogP contribution in [0.1, 0.15) is 60.5 Å². The van der Waals surface area contributed by atoms with Gasteiger partial charge in [-0.15, -0.1) is 0 Å². The number of likely N-dealkylation sites (tertiary alicyclic amines) is 1. The van der Waals surface area contributed by atoms with E-state index in [-0.39, 0.29) is 19.5 Å². The molecule has 0 radical (unpaired) electrons. The number of halogens is 1. The van der Waals surface area contributed by atoms with E-state index in [4.69, 9.17) is 14.0 Å². The Labute approximate surface area is 195 Å². The molecule has 0 saturated carbocycles. The second-order valence-corrected chi connectivity index (χ2v) is 11.3. The Balaban J connectivity index is 1.47. The van der Waals surface area contributed by atoms with Crippen molar-refractivity contribution in [3.63, 3.8) is 0 Å². The Kier molecular flexibility index (Phi) is 5.60. The van der Waals surface area contributed by atoms with Crippen molar-refractivity contribution in [2.24, 2.45) is 0 Å². The fraction of sp³-hybridized carbons (Fsp3) is 0.667. The first-order valence-corrected chi connectivity index (χ1v) is 11.6. The number of benzene rings is 1. The molecule has 2 fully saturated rings. The zero-order valence-electron chi connectivity index (χ0n) is 20.7. The Morgan fingerprint density at radius 2 is 1.73 bits per heavy atom. The molecule has 3 aliphatic heterocycles. The fourth-order valence-electron chi connectivity index (χ4n) is 4.43. The lowest BCUT2D eigenvalue weighted by atomic mass is 9.78. The zero-order valence-corrected chi connectivity index (χ0v) is 20.7. The van der Waals surface area contributed by atoms with Crippen molar-refractivity contribution in [2.75, 3.05) is 24.5 Å². The number of anilines is 1. The number of amides is 2. The molecule has 4 rings (SSSR count). The van der Waals surface area contributed by atoms with E-state index in [2.05, 4.69) is 0 Å². The summed E-state index contributed by atoms with van der Waals surface area (Å²) in [5.74, 6) is -0.601. The number of ether oxygens (including phenoxy) is 1. The average Bonchev–Trinajstić information content (AvgIpc) is 3.34. The molecule has 1 atom stereocenters. The highest BCUT2D eigenvalue weighted by atomic mass is 19.1. The molecule has 1 unspecified atom stereocenters. The molecule has 0 bridgehead atoms. The van der Waals surface area contributed by atoms with Gasteiger partial charge in [-0.25, -0.2) is 9.18 Å². The van der Waals surface area contributed by atoms with Crippen LogP contribution in [0.3, 0.4) is 0 Å². The molecule has 2 saturated heterocycles. The van der Waals surface area contributed by atoms with Gasteiger partial charge in [0.25, 0.3) is 5.91 Å². The van der Waals surface area contributed by atoms with E-state index >= 15 is 4.39 Å². The quantitative estimate of drug-likeness (QED) is 0.635. The fourth-order valence-corrected chi connectivity index (χ4v) is 4.43. The SMILES string of the molecule is CC(C)(C)OC(=O)N1CCC(F)(C(=O)N2CCc3cc(B4OC(C)(C)C(C)(C)O4)ccc32)C1. The minimum absolute atomic E-state index is 0.0388. The van der Waals surface area contributed by atoms with Crippen LogP contribution in [0.2, 0.25) is 0 Å². The molecular formula is C24H34BFN2O5. The number of carbonyl (C=O) groups excluding carboxylic acids is 2. The van der Waals surface area contributed by atoms with E-state index in [1.807, 2.05) is 45.9 Å². The van der Waals surface area contributed by atoms with Gasteiger partial charge in [0, 0.05) is 25.2 Å². The number of fused-ring (bicyclic) bond motifs is 1. The van der Waals surface area contributed by atoms with Crippen molar-refractivity contribution in [3.8, 4) is 0 Å². The normalized spacial score (nSPS) is 26.0. The number of nitrogens with zero attached hydrogens (tertiary/aromatic N) is 2. The largest absolute Gasteiger partial charge is 0.494 e. The summed E-state index contributed by atoms with van der Waals surface area (Å²) in [5, 5.41) is 0. The second kappa shape index (κ2) is 7.70. The van der Waals surface area contributed by atoms with Gasteiger partial charge < -0.3 is 23.8 Å². The van der Waals surface area contributed by atoms with E-state index in [0.717, 1.165) is 11.0 Å². The molecule has 9 heteroatoms. The van der Waals surface area contributed by atoms with Crippen molar-refractivity contribution in [1.29, 1.82) is 0 Å². The number of alkyl halides is 1. The van der Waals surface area contributed by atoms with Gasteiger partial charge in [-0.3, -0.25) is 4.79 Å². The van der Waals surface area contributed by atoms with Crippen molar-refractivity contribution >= 4 is 30.3 Å². The Bertz CT molecular complexity index is 960. The molecule has 0 N–H and O–H groups in total. The van der Waals surface area contributed by atoms with Gasteiger partial charge in [-0.2, -0.15) is 0 Å². The third kappa shape index (κ3) is 4.37. The third-order valence-corrected chi connectivity index (χ3v) is 7.02. The predicted octanol–water partition coefficient (Wildman–Crippen LogP) is 3.22. The van der Waals surface area contributed by atoms with Crippen LogP contribution in [0, 0.1) is 0 Å².